The topological polar surface area (TPSA) is 80.7 Å². The zero-order chi connectivity index (χ0) is 13.9. The first-order valence-corrected chi connectivity index (χ1v) is 6.78. The fourth-order valence-electron chi connectivity index (χ4n) is 1.81. The first kappa shape index (κ1) is 14.8. The van der Waals surface area contributed by atoms with Crippen molar-refractivity contribution in [1.29, 1.82) is 0 Å². The highest BCUT2D eigenvalue weighted by molar-refractivity contribution is 7.86. The molecule has 0 radical (unpaired) electrons. The monoisotopic (exact) mass is 272 g/mol. The summed E-state index contributed by atoms with van der Waals surface area (Å²) in [5.41, 5.74) is 2.10. The van der Waals surface area contributed by atoms with E-state index in [-0.39, 0.29) is 4.90 Å². The van der Waals surface area contributed by atoms with Gasteiger partial charge >= 0.3 is 0 Å². The number of aliphatic hydroxyl groups is 1. The van der Waals surface area contributed by atoms with Gasteiger partial charge in [0.05, 0.1) is 4.90 Å². The van der Waals surface area contributed by atoms with Crippen molar-refractivity contribution in [2.75, 3.05) is 13.2 Å². The van der Waals surface area contributed by atoms with Crippen LogP contribution in [0.25, 0.3) is 0 Å². The summed E-state index contributed by atoms with van der Waals surface area (Å²) in [4.78, 5) is 11.0. The minimum atomic E-state index is -3.98. The quantitative estimate of drug-likeness (QED) is 0.805. The van der Waals surface area contributed by atoms with Crippen LogP contribution in [0.2, 0.25) is 0 Å². The molecule has 0 bridgehead atoms. The van der Waals surface area contributed by atoms with Crippen LogP contribution in [-0.2, 0) is 19.1 Å². The van der Waals surface area contributed by atoms with Crippen molar-refractivity contribution in [3.8, 4) is 0 Å². The Kier molecular flexibility index (Phi) is 4.61. The Bertz CT molecular complexity index is 537. The normalized spacial score (nSPS) is 11.6. The van der Waals surface area contributed by atoms with E-state index in [1.807, 2.05) is 6.92 Å². The smallest absolute Gasteiger partial charge is 0.297 e. The molecule has 0 heterocycles. The minimum absolute atomic E-state index is 0.0823. The van der Waals surface area contributed by atoms with Crippen LogP contribution in [0.3, 0.4) is 0 Å². The Morgan fingerprint density at radius 2 is 1.72 bits per heavy atom. The third-order valence-corrected chi connectivity index (χ3v) is 3.98. The molecule has 0 aromatic heterocycles. The molecule has 0 aliphatic heterocycles. The van der Waals surface area contributed by atoms with Gasteiger partial charge in [0.2, 0.25) is 0 Å². The molecule has 6 heteroatoms. The number of rotatable bonds is 5. The van der Waals surface area contributed by atoms with Crippen LogP contribution in [0.4, 0.5) is 0 Å². The van der Waals surface area contributed by atoms with E-state index in [1.54, 1.807) is 26.0 Å². The van der Waals surface area contributed by atoms with Gasteiger partial charge in [-0.15, -0.1) is 0 Å². The maximum Gasteiger partial charge on any atom is 0.297 e. The summed E-state index contributed by atoms with van der Waals surface area (Å²) in [7, 11) is -3.98. The molecule has 0 aliphatic rings. The predicted molar refractivity (Wildman–Crippen MR) is 65.9 cm³/mol. The first-order chi connectivity index (χ1) is 8.27. The van der Waals surface area contributed by atoms with E-state index in [0.29, 0.717) is 11.1 Å². The molecule has 0 unspecified atom stereocenters. The number of Topliss-reactive ketones (excluding diaryl/α,β-unsaturated/α-hetero) is 1. The highest BCUT2D eigenvalue weighted by atomic mass is 32.2. The van der Waals surface area contributed by atoms with Crippen LogP contribution in [0.1, 0.15) is 16.7 Å². The van der Waals surface area contributed by atoms with Crippen molar-refractivity contribution in [3.05, 3.63) is 28.8 Å². The van der Waals surface area contributed by atoms with Crippen molar-refractivity contribution in [2.45, 2.75) is 25.7 Å². The molecule has 1 aromatic rings. The first-order valence-electron chi connectivity index (χ1n) is 5.37. The van der Waals surface area contributed by atoms with Crippen molar-refractivity contribution in [2.24, 2.45) is 0 Å². The van der Waals surface area contributed by atoms with E-state index in [2.05, 4.69) is 4.18 Å². The van der Waals surface area contributed by atoms with Crippen LogP contribution in [0.5, 0.6) is 0 Å². The Balaban J connectivity index is 3.10. The lowest BCUT2D eigenvalue weighted by Crippen LogP contribution is -2.18. The average Bonchev–Trinajstić information content (AvgIpc) is 2.24. The zero-order valence-electron chi connectivity index (χ0n) is 10.6. The van der Waals surface area contributed by atoms with Gasteiger partial charge in [0.1, 0.15) is 13.2 Å². The lowest BCUT2D eigenvalue weighted by Gasteiger charge is -2.11. The molecule has 100 valence electrons. The largest absolute Gasteiger partial charge is 0.388 e. The molecule has 0 atom stereocenters. The summed E-state index contributed by atoms with van der Waals surface area (Å²) in [6.45, 7) is 3.83. The number of aryl methyl sites for hydroxylation is 3. The lowest BCUT2D eigenvalue weighted by molar-refractivity contribution is -0.123. The van der Waals surface area contributed by atoms with Crippen LogP contribution in [0.15, 0.2) is 17.0 Å². The summed E-state index contributed by atoms with van der Waals surface area (Å²) in [6, 6.07) is 3.47. The Labute approximate surface area is 107 Å². The van der Waals surface area contributed by atoms with Crippen molar-refractivity contribution < 1.29 is 22.5 Å². The molecular weight excluding hydrogens is 256 g/mol. The van der Waals surface area contributed by atoms with E-state index in [1.165, 1.54) is 0 Å². The summed E-state index contributed by atoms with van der Waals surface area (Å²) in [5, 5.41) is 8.52. The van der Waals surface area contributed by atoms with Gasteiger partial charge in [-0.05, 0) is 31.9 Å². The number of carbonyl (C=O) groups is 1. The van der Waals surface area contributed by atoms with Crippen molar-refractivity contribution >= 4 is 15.9 Å². The third-order valence-electron chi connectivity index (χ3n) is 2.41. The maximum absolute atomic E-state index is 11.9. The molecule has 0 saturated heterocycles. The van der Waals surface area contributed by atoms with Gasteiger partial charge in [0.25, 0.3) is 10.1 Å². The van der Waals surface area contributed by atoms with Gasteiger partial charge in [0.15, 0.2) is 5.78 Å². The summed E-state index contributed by atoms with van der Waals surface area (Å²) in [6.07, 6.45) is 0. The number of ketones is 1. The predicted octanol–water partition coefficient (Wildman–Crippen LogP) is 0.879. The lowest BCUT2D eigenvalue weighted by atomic mass is 10.1. The summed E-state index contributed by atoms with van der Waals surface area (Å²) >= 11 is 0. The number of benzene rings is 1. The minimum Gasteiger partial charge on any atom is -0.388 e. The van der Waals surface area contributed by atoms with Crippen molar-refractivity contribution in [1.82, 2.24) is 0 Å². The van der Waals surface area contributed by atoms with E-state index in [9.17, 15) is 13.2 Å². The maximum atomic E-state index is 11.9. The zero-order valence-corrected chi connectivity index (χ0v) is 11.4. The van der Waals surface area contributed by atoms with Gasteiger partial charge in [-0.2, -0.15) is 8.42 Å². The molecule has 1 N–H and O–H groups in total. The second kappa shape index (κ2) is 5.60. The Morgan fingerprint density at radius 1 is 1.22 bits per heavy atom. The van der Waals surface area contributed by atoms with Gasteiger partial charge in [-0.25, -0.2) is 0 Å². The molecule has 0 amide bonds. The van der Waals surface area contributed by atoms with Gasteiger partial charge in [-0.3, -0.25) is 8.98 Å². The second-order valence-corrected chi connectivity index (χ2v) is 5.69. The van der Waals surface area contributed by atoms with Gasteiger partial charge < -0.3 is 5.11 Å². The molecule has 0 fully saturated rings. The van der Waals surface area contributed by atoms with E-state index in [0.717, 1.165) is 5.56 Å². The summed E-state index contributed by atoms with van der Waals surface area (Å²) in [5.74, 6) is -0.680. The molecule has 0 saturated carbocycles. The highest BCUT2D eigenvalue weighted by Gasteiger charge is 2.21. The standard InChI is InChI=1S/C12H16O5S/c1-8-4-9(2)12(10(3)5-8)18(15,16)17-7-11(14)6-13/h4-5,13H,6-7H2,1-3H3. The molecule has 18 heavy (non-hydrogen) atoms. The highest BCUT2D eigenvalue weighted by Crippen LogP contribution is 2.23. The van der Waals surface area contributed by atoms with E-state index >= 15 is 0 Å². The molecule has 5 nitrogen and oxygen atoms in total. The van der Waals surface area contributed by atoms with E-state index < -0.39 is 29.1 Å². The SMILES string of the molecule is Cc1cc(C)c(S(=O)(=O)OCC(=O)CO)c(C)c1. The molecule has 1 aromatic carbocycles. The Morgan fingerprint density at radius 3 is 2.17 bits per heavy atom. The molecule has 1 rings (SSSR count). The van der Waals surface area contributed by atoms with Crippen LogP contribution < -0.4 is 0 Å². The fraction of sp³-hybridized carbons (Fsp3) is 0.417. The molecule has 0 aliphatic carbocycles. The summed E-state index contributed by atoms with van der Waals surface area (Å²) < 4.78 is 28.5. The fourth-order valence-corrected chi connectivity index (χ4v) is 3.12. The van der Waals surface area contributed by atoms with Crippen molar-refractivity contribution in [3.63, 3.8) is 0 Å². The van der Waals surface area contributed by atoms with Crippen LogP contribution in [0, 0.1) is 20.8 Å². The molecular formula is C12H16O5S. The number of aliphatic hydroxyl groups excluding tert-OH is 1. The number of hydrogen-bond acceptors (Lipinski definition) is 5. The Hall–Kier alpha value is -1.24. The van der Waals surface area contributed by atoms with Gasteiger partial charge in [-0.1, -0.05) is 17.7 Å². The second-order valence-electron chi connectivity index (χ2n) is 4.14. The van der Waals surface area contributed by atoms with Crippen LogP contribution in [-0.4, -0.2) is 32.5 Å². The number of hydrogen-bond donors (Lipinski definition) is 1. The molecule has 0 spiro atoms. The number of carbonyl (C=O) groups excluding carboxylic acids is 1. The average molecular weight is 272 g/mol. The van der Waals surface area contributed by atoms with E-state index in [4.69, 9.17) is 5.11 Å². The van der Waals surface area contributed by atoms with Crippen LogP contribution >= 0.6 is 0 Å². The van der Waals surface area contributed by atoms with Gasteiger partial charge in [0, 0.05) is 0 Å². The third kappa shape index (κ3) is 3.38.